The first-order chi connectivity index (χ1) is 22.2. The van der Waals surface area contributed by atoms with E-state index in [-0.39, 0.29) is 30.5 Å². The fourth-order valence-corrected chi connectivity index (χ4v) is 5.06. The topological polar surface area (TPSA) is 235 Å². The Balaban J connectivity index is 0.000000488. The van der Waals surface area contributed by atoms with Crippen LogP contribution in [0.15, 0.2) is 24.4 Å². The van der Waals surface area contributed by atoms with Gasteiger partial charge in [-0.1, -0.05) is 0 Å². The summed E-state index contributed by atoms with van der Waals surface area (Å²) in [5.74, 6) is -3.57. The molecule has 1 saturated heterocycles. The molecule has 254 valence electrons. The predicted molar refractivity (Wildman–Crippen MR) is 160 cm³/mol. The van der Waals surface area contributed by atoms with E-state index in [1.54, 1.807) is 18.3 Å². The van der Waals surface area contributed by atoms with E-state index in [9.17, 15) is 32.7 Å². The average Bonchev–Trinajstić information content (AvgIpc) is 3.37. The monoisotopic (exact) mass is 665 g/mol. The zero-order chi connectivity index (χ0) is 34.5. The van der Waals surface area contributed by atoms with Crippen LogP contribution < -0.4 is 26.4 Å². The van der Waals surface area contributed by atoms with Crippen molar-refractivity contribution in [2.75, 3.05) is 50.1 Å². The number of aliphatic hydroxyl groups excluding tert-OH is 1. The van der Waals surface area contributed by atoms with Gasteiger partial charge < -0.3 is 46.6 Å². The first kappa shape index (κ1) is 34.9. The van der Waals surface area contributed by atoms with Gasteiger partial charge in [-0.05, 0) is 43.7 Å². The quantitative estimate of drug-likeness (QED) is 0.176. The van der Waals surface area contributed by atoms with Crippen molar-refractivity contribution in [2.45, 2.75) is 38.2 Å². The first-order valence-corrected chi connectivity index (χ1v) is 14.3. The van der Waals surface area contributed by atoms with Crippen LogP contribution in [0, 0.1) is 0 Å². The van der Waals surface area contributed by atoms with Crippen molar-refractivity contribution in [1.82, 2.24) is 24.6 Å². The number of primary amides is 1. The number of amides is 1. The summed E-state index contributed by atoms with van der Waals surface area (Å²) in [6, 6.07) is 3.16. The summed E-state index contributed by atoms with van der Waals surface area (Å²) in [5, 5.41) is 32.7. The number of aliphatic hydroxyl groups is 1. The Morgan fingerprint density at radius 3 is 2.40 bits per heavy atom. The number of halogens is 3. The Morgan fingerprint density at radius 2 is 1.83 bits per heavy atom. The van der Waals surface area contributed by atoms with Gasteiger partial charge in [0.25, 0.3) is 5.91 Å². The number of nitrogens with one attached hydrogen (secondary N) is 1. The number of aromatic nitrogens is 4. The smallest absolute Gasteiger partial charge is 0.481 e. The van der Waals surface area contributed by atoms with E-state index in [1.165, 1.54) is 10.7 Å². The Morgan fingerprint density at radius 1 is 1.13 bits per heavy atom. The highest BCUT2D eigenvalue weighted by Gasteiger charge is 2.33. The second-order valence-corrected chi connectivity index (χ2v) is 10.7. The number of ether oxygens (including phenoxy) is 1. The molecule has 0 saturated carbocycles. The maximum Gasteiger partial charge on any atom is 0.573 e. The summed E-state index contributed by atoms with van der Waals surface area (Å²) < 4.78 is 45.2. The van der Waals surface area contributed by atoms with Crippen LogP contribution in [0.2, 0.25) is 0 Å². The molecule has 3 aromatic rings. The number of alkyl halides is 3. The van der Waals surface area contributed by atoms with Gasteiger partial charge in [-0.2, -0.15) is 5.10 Å². The summed E-state index contributed by atoms with van der Waals surface area (Å²) in [5.41, 5.74) is 13.6. The summed E-state index contributed by atoms with van der Waals surface area (Å²) >= 11 is 0. The lowest BCUT2D eigenvalue weighted by molar-refractivity contribution is -0.274. The molecule has 16 nitrogen and oxygen atoms in total. The van der Waals surface area contributed by atoms with Gasteiger partial charge >= 0.3 is 18.3 Å². The van der Waals surface area contributed by atoms with Crippen LogP contribution in [-0.2, 0) is 29.0 Å². The van der Waals surface area contributed by atoms with Crippen LogP contribution in [-0.4, -0.2) is 110 Å². The summed E-state index contributed by atoms with van der Waals surface area (Å²) in [6.45, 7) is 2.99. The van der Waals surface area contributed by atoms with Gasteiger partial charge in [-0.25, -0.2) is 9.97 Å². The van der Waals surface area contributed by atoms with Crippen molar-refractivity contribution in [2.24, 2.45) is 11.5 Å². The molecule has 47 heavy (non-hydrogen) atoms. The number of aryl methyl sites for hydroxylation is 1. The molecule has 0 spiro atoms. The van der Waals surface area contributed by atoms with Crippen LogP contribution >= 0.6 is 0 Å². The number of benzene rings is 1. The molecule has 1 fully saturated rings. The van der Waals surface area contributed by atoms with Gasteiger partial charge in [0.2, 0.25) is 5.95 Å². The molecule has 0 radical (unpaired) electrons. The highest BCUT2D eigenvalue weighted by molar-refractivity contribution is 5.94. The minimum atomic E-state index is -4.89. The first-order valence-electron chi connectivity index (χ1n) is 14.3. The number of likely N-dealkylation sites (N-methyl/N-ethyl adjacent to an activating group) is 1. The number of carboxylic acid groups (broad SMARTS) is 2. The Kier molecular flexibility index (Phi) is 10.8. The van der Waals surface area contributed by atoms with Gasteiger partial charge in [-0.15, -0.1) is 13.2 Å². The number of anilines is 3. The largest absolute Gasteiger partial charge is 0.573 e. The van der Waals surface area contributed by atoms with Crippen molar-refractivity contribution < 1.29 is 47.6 Å². The Labute approximate surface area is 265 Å². The molecule has 8 N–H and O–H groups in total. The van der Waals surface area contributed by atoms with E-state index in [2.05, 4.69) is 34.9 Å². The standard InChI is InChI=1S/C24H27F3N8O3.C4H7NO4/c1-33-6-8-34(9-7-33)15-3-5-18(38-24(25,26)27)17(12-15)30-23-29-13-14-2-4-16-20(22(28)37)32-35(10-11-36)21(16)19(14)31-23;5-2(4(8)9)1-3(6)7/h3,5,12-13,36H,2,4,6-11H2,1H3,(H2,28,37)(H,29,30,31);2H,1,5H2,(H,6,7)(H,8,9)/t;2-/m.0/s1. The molecular weight excluding hydrogens is 631 g/mol. The number of nitrogens with two attached hydrogens (primary N) is 2. The number of nitrogens with zero attached hydrogens (tertiary/aromatic N) is 6. The van der Waals surface area contributed by atoms with Gasteiger partial charge in [0, 0.05) is 43.6 Å². The number of hydrogen-bond donors (Lipinski definition) is 6. The van der Waals surface area contributed by atoms with Crippen molar-refractivity contribution in [3.8, 4) is 17.1 Å². The normalized spacial score (nSPS) is 15.1. The highest BCUT2D eigenvalue weighted by Crippen LogP contribution is 2.38. The molecule has 5 rings (SSSR count). The fraction of sp³-hybridized carbons (Fsp3) is 0.429. The second-order valence-electron chi connectivity index (χ2n) is 10.7. The van der Waals surface area contributed by atoms with E-state index in [0.717, 1.165) is 37.4 Å². The maximum absolute atomic E-state index is 13.2. The van der Waals surface area contributed by atoms with Gasteiger partial charge in [0.1, 0.15) is 6.04 Å². The lowest BCUT2D eigenvalue weighted by Gasteiger charge is -2.34. The molecule has 1 amide bonds. The van der Waals surface area contributed by atoms with Crippen LogP contribution in [0.25, 0.3) is 11.4 Å². The zero-order valence-electron chi connectivity index (χ0n) is 25.2. The number of aliphatic carboxylic acids is 2. The second kappa shape index (κ2) is 14.6. The molecule has 1 aliphatic carbocycles. The average molecular weight is 666 g/mol. The minimum Gasteiger partial charge on any atom is -0.481 e. The fourth-order valence-electron chi connectivity index (χ4n) is 5.06. The molecule has 1 aromatic carbocycles. The van der Waals surface area contributed by atoms with Crippen molar-refractivity contribution in [3.63, 3.8) is 0 Å². The van der Waals surface area contributed by atoms with Crippen LogP contribution in [0.1, 0.15) is 28.0 Å². The molecule has 2 aliphatic rings. The van der Waals surface area contributed by atoms with Crippen molar-refractivity contribution >= 4 is 35.2 Å². The molecule has 3 heterocycles. The Hall–Kier alpha value is -5.01. The van der Waals surface area contributed by atoms with Crippen molar-refractivity contribution in [3.05, 3.63) is 41.2 Å². The molecule has 2 aromatic heterocycles. The van der Waals surface area contributed by atoms with Gasteiger partial charge in [0.05, 0.1) is 36.6 Å². The third-order valence-electron chi connectivity index (χ3n) is 7.34. The Bertz CT molecular complexity index is 1630. The maximum atomic E-state index is 13.2. The van der Waals surface area contributed by atoms with Crippen molar-refractivity contribution in [1.29, 1.82) is 0 Å². The van der Waals surface area contributed by atoms with Gasteiger partial charge in [-0.3, -0.25) is 19.1 Å². The third-order valence-corrected chi connectivity index (χ3v) is 7.34. The third kappa shape index (κ3) is 8.83. The van der Waals surface area contributed by atoms with E-state index in [1.807, 2.05) is 7.05 Å². The SMILES string of the molecule is CN1CCN(c2ccc(OC(F)(F)F)c(Nc3ncc4c(n3)-c3c(c(C(N)=O)nn3CCO)CC4)c2)CC1.N[C@@H](CC(=O)O)C(=O)O. The van der Waals surface area contributed by atoms with Crippen LogP contribution in [0.3, 0.4) is 0 Å². The summed E-state index contributed by atoms with van der Waals surface area (Å²) in [7, 11) is 2.02. The minimum absolute atomic E-state index is 0.0384. The van der Waals surface area contributed by atoms with E-state index < -0.39 is 42.4 Å². The number of carbonyl (C=O) groups excluding carboxylic acids is 1. The number of carboxylic acids is 2. The van der Waals surface area contributed by atoms with E-state index in [4.69, 9.17) is 21.7 Å². The van der Waals surface area contributed by atoms with Crippen LogP contribution in [0.5, 0.6) is 5.75 Å². The number of fused-ring (bicyclic) bond motifs is 3. The zero-order valence-corrected chi connectivity index (χ0v) is 25.2. The molecule has 1 aliphatic heterocycles. The van der Waals surface area contributed by atoms with Gasteiger partial charge in [0.15, 0.2) is 11.4 Å². The number of carbonyl (C=O) groups is 3. The number of piperazine rings is 1. The van der Waals surface area contributed by atoms with Crippen LogP contribution in [0.4, 0.5) is 30.5 Å². The molecule has 0 unspecified atom stereocenters. The summed E-state index contributed by atoms with van der Waals surface area (Å²) in [6.07, 6.45) is -2.83. The molecule has 19 heteroatoms. The lowest BCUT2D eigenvalue weighted by Crippen LogP contribution is -2.44. The number of hydrogen-bond acceptors (Lipinski definition) is 12. The highest BCUT2D eigenvalue weighted by atomic mass is 19.4. The molecular formula is C28H34F3N9O7. The number of rotatable bonds is 10. The lowest BCUT2D eigenvalue weighted by atomic mass is 9.93. The predicted octanol–water partition coefficient (Wildman–Crippen LogP) is 0.797. The molecule has 0 bridgehead atoms. The summed E-state index contributed by atoms with van der Waals surface area (Å²) in [4.78, 5) is 44.7. The van der Waals surface area contributed by atoms with E-state index in [0.29, 0.717) is 29.8 Å². The molecule has 1 atom stereocenters. The van der Waals surface area contributed by atoms with E-state index >= 15 is 0 Å².